The molecular formula is C19H25N3O3. The van der Waals surface area contributed by atoms with Crippen LogP contribution in [0.2, 0.25) is 0 Å². The maximum Gasteiger partial charge on any atom is 0.239 e. The predicted octanol–water partition coefficient (Wildman–Crippen LogP) is 1.61. The quantitative estimate of drug-likeness (QED) is 0.829. The van der Waals surface area contributed by atoms with E-state index in [1.54, 1.807) is 37.9 Å². The molecule has 0 fully saturated rings. The molecule has 2 aromatic carbocycles. The van der Waals surface area contributed by atoms with Crippen LogP contribution < -0.4 is 10.5 Å². The van der Waals surface area contributed by atoms with E-state index in [4.69, 9.17) is 10.5 Å². The molecule has 2 amide bonds. The Labute approximate surface area is 148 Å². The minimum absolute atomic E-state index is 0.0541. The van der Waals surface area contributed by atoms with Crippen LogP contribution >= 0.6 is 0 Å². The van der Waals surface area contributed by atoms with Crippen LogP contribution in [-0.4, -0.2) is 55.4 Å². The van der Waals surface area contributed by atoms with Gasteiger partial charge in [0.05, 0.1) is 19.7 Å². The van der Waals surface area contributed by atoms with Crippen molar-refractivity contribution in [2.75, 3.05) is 27.7 Å². The van der Waals surface area contributed by atoms with E-state index in [1.807, 2.05) is 30.3 Å². The summed E-state index contributed by atoms with van der Waals surface area (Å²) in [5.74, 6) is 0.312. The molecule has 2 rings (SSSR count). The molecule has 0 saturated heterocycles. The molecule has 2 N–H and O–H groups in total. The second kappa shape index (κ2) is 7.98. The van der Waals surface area contributed by atoms with Crippen molar-refractivity contribution in [3.63, 3.8) is 0 Å². The normalized spacial score (nSPS) is 12.2. The summed E-state index contributed by atoms with van der Waals surface area (Å²) in [4.78, 5) is 26.9. The number of hydrogen-bond donors (Lipinski definition) is 1. The maximum atomic E-state index is 12.5. The number of nitrogens with two attached hydrogens (primary N) is 1. The molecule has 0 bridgehead atoms. The van der Waals surface area contributed by atoms with Gasteiger partial charge in [-0.3, -0.25) is 14.5 Å². The Morgan fingerprint density at radius 2 is 1.76 bits per heavy atom. The molecule has 2 aromatic rings. The van der Waals surface area contributed by atoms with E-state index in [1.165, 1.54) is 0 Å². The summed E-state index contributed by atoms with van der Waals surface area (Å²) in [5.41, 5.74) is 6.23. The van der Waals surface area contributed by atoms with Crippen molar-refractivity contribution in [3.8, 4) is 5.75 Å². The zero-order chi connectivity index (χ0) is 18.6. The van der Waals surface area contributed by atoms with E-state index in [2.05, 4.69) is 6.07 Å². The van der Waals surface area contributed by atoms with Crippen molar-refractivity contribution in [1.29, 1.82) is 0 Å². The molecule has 0 spiro atoms. The third-order valence-electron chi connectivity index (χ3n) is 4.33. The molecule has 1 atom stereocenters. The van der Waals surface area contributed by atoms with Gasteiger partial charge in [0.1, 0.15) is 5.75 Å². The smallest absolute Gasteiger partial charge is 0.239 e. The summed E-state index contributed by atoms with van der Waals surface area (Å²) in [6.45, 7) is 2.32. The van der Waals surface area contributed by atoms with Gasteiger partial charge in [-0.1, -0.05) is 18.2 Å². The van der Waals surface area contributed by atoms with Gasteiger partial charge in [-0.25, -0.2) is 0 Å². The SMILES string of the molecule is COc1ccc2cc(CN(C)C(=O)C(C)N(C)CC(N)=O)ccc2c1. The lowest BCUT2D eigenvalue weighted by Gasteiger charge is -2.27. The third-order valence-corrected chi connectivity index (χ3v) is 4.33. The zero-order valence-electron chi connectivity index (χ0n) is 15.2. The van der Waals surface area contributed by atoms with Crippen LogP contribution in [0.25, 0.3) is 10.8 Å². The zero-order valence-corrected chi connectivity index (χ0v) is 15.2. The first-order valence-corrected chi connectivity index (χ1v) is 8.12. The molecule has 0 radical (unpaired) electrons. The highest BCUT2D eigenvalue weighted by atomic mass is 16.5. The molecule has 25 heavy (non-hydrogen) atoms. The molecule has 1 unspecified atom stereocenters. The number of carbonyl (C=O) groups is 2. The molecule has 0 saturated carbocycles. The molecule has 134 valence electrons. The average molecular weight is 343 g/mol. The lowest BCUT2D eigenvalue weighted by Crippen LogP contribution is -2.46. The number of ether oxygens (including phenoxy) is 1. The van der Waals surface area contributed by atoms with E-state index in [0.29, 0.717) is 6.54 Å². The van der Waals surface area contributed by atoms with Crippen LogP contribution in [-0.2, 0) is 16.1 Å². The fourth-order valence-corrected chi connectivity index (χ4v) is 2.74. The first-order chi connectivity index (χ1) is 11.8. The Hall–Kier alpha value is -2.60. The molecule has 0 aromatic heterocycles. The Morgan fingerprint density at radius 3 is 2.40 bits per heavy atom. The fraction of sp³-hybridized carbons (Fsp3) is 0.368. The number of fused-ring (bicyclic) bond motifs is 1. The molecule has 0 aliphatic rings. The molecule has 0 aliphatic carbocycles. The Kier molecular flexibility index (Phi) is 5.98. The highest BCUT2D eigenvalue weighted by molar-refractivity contribution is 5.85. The van der Waals surface area contributed by atoms with Crippen molar-refractivity contribution in [3.05, 3.63) is 42.0 Å². The Bertz CT molecular complexity index is 776. The van der Waals surface area contributed by atoms with E-state index in [-0.39, 0.29) is 12.5 Å². The number of amides is 2. The van der Waals surface area contributed by atoms with Crippen LogP contribution in [0.15, 0.2) is 36.4 Å². The van der Waals surface area contributed by atoms with E-state index in [0.717, 1.165) is 22.1 Å². The van der Waals surface area contributed by atoms with Crippen molar-refractivity contribution >= 4 is 22.6 Å². The lowest BCUT2D eigenvalue weighted by atomic mass is 10.1. The van der Waals surface area contributed by atoms with Gasteiger partial charge in [-0.05, 0) is 48.5 Å². The highest BCUT2D eigenvalue weighted by Crippen LogP contribution is 2.22. The molecule has 0 heterocycles. The Balaban J connectivity index is 2.08. The summed E-state index contributed by atoms with van der Waals surface area (Å²) in [5, 5.41) is 2.18. The number of primary amides is 1. The second-order valence-corrected chi connectivity index (χ2v) is 6.30. The number of benzene rings is 2. The van der Waals surface area contributed by atoms with Crippen molar-refractivity contribution in [1.82, 2.24) is 9.80 Å². The molecular weight excluding hydrogens is 318 g/mol. The van der Waals surface area contributed by atoms with Gasteiger partial charge in [0, 0.05) is 13.6 Å². The number of carbonyl (C=O) groups excluding carboxylic acids is 2. The minimum atomic E-state index is -0.449. The third kappa shape index (κ3) is 4.70. The summed E-state index contributed by atoms with van der Waals surface area (Å²) < 4.78 is 5.23. The number of rotatable bonds is 7. The van der Waals surface area contributed by atoms with Gasteiger partial charge in [-0.2, -0.15) is 0 Å². The van der Waals surface area contributed by atoms with Crippen LogP contribution in [0, 0.1) is 0 Å². The van der Waals surface area contributed by atoms with Crippen molar-refractivity contribution in [2.45, 2.75) is 19.5 Å². The monoisotopic (exact) mass is 343 g/mol. The van der Waals surface area contributed by atoms with Crippen molar-refractivity contribution < 1.29 is 14.3 Å². The molecule has 6 nitrogen and oxygen atoms in total. The average Bonchev–Trinajstić information content (AvgIpc) is 2.59. The summed E-state index contributed by atoms with van der Waals surface area (Å²) in [6.07, 6.45) is 0. The van der Waals surface area contributed by atoms with Gasteiger partial charge in [0.25, 0.3) is 0 Å². The van der Waals surface area contributed by atoms with E-state index >= 15 is 0 Å². The summed E-state index contributed by atoms with van der Waals surface area (Å²) >= 11 is 0. The van der Waals surface area contributed by atoms with Crippen LogP contribution in [0.5, 0.6) is 5.75 Å². The summed E-state index contributed by atoms with van der Waals surface area (Å²) in [6, 6.07) is 11.6. The topological polar surface area (TPSA) is 75.9 Å². The fourth-order valence-electron chi connectivity index (χ4n) is 2.74. The molecule has 0 aliphatic heterocycles. The number of nitrogens with zero attached hydrogens (tertiary/aromatic N) is 2. The van der Waals surface area contributed by atoms with E-state index in [9.17, 15) is 9.59 Å². The first-order valence-electron chi connectivity index (χ1n) is 8.12. The number of methoxy groups -OCH3 is 1. The van der Waals surface area contributed by atoms with E-state index < -0.39 is 11.9 Å². The predicted molar refractivity (Wildman–Crippen MR) is 98.3 cm³/mol. The maximum absolute atomic E-state index is 12.5. The van der Waals surface area contributed by atoms with Crippen LogP contribution in [0.4, 0.5) is 0 Å². The molecule has 6 heteroatoms. The van der Waals surface area contributed by atoms with Gasteiger partial charge < -0.3 is 15.4 Å². The lowest BCUT2D eigenvalue weighted by molar-refractivity contribution is -0.135. The number of likely N-dealkylation sites (N-methyl/N-ethyl adjacent to an activating group) is 2. The Morgan fingerprint density at radius 1 is 1.12 bits per heavy atom. The first kappa shape index (κ1) is 18.7. The van der Waals surface area contributed by atoms with Gasteiger partial charge in [-0.15, -0.1) is 0 Å². The highest BCUT2D eigenvalue weighted by Gasteiger charge is 2.22. The van der Waals surface area contributed by atoms with Crippen LogP contribution in [0.3, 0.4) is 0 Å². The van der Waals surface area contributed by atoms with Gasteiger partial charge >= 0.3 is 0 Å². The van der Waals surface area contributed by atoms with Crippen molar-refractivity contribution in [2.24, 2.45) is 5.73 Å². The summed E-state index contributed by atoms with van der Waals surface area (Å²) in [7, 11) is 5.12. The second-order valence-electron chi connectivity index (χ2n) is 6.30. The largest absolute Gasteiger partial charge is 0.497 e. The van der Waals surface area contributed by atoms with Gasteiger partial charge in [0.2, 0.25) is 11.8 Å². The standard InChI is InChI=1S/C19H25N3O3/c1-13(21(2)12-18(20)23)19(24)22(3)11-14-5-6-16-10-17(25-4)8-7-15(16)9-14/h5-10,13H,11-12H2,1-4H3,(H2,20,23). The number of hydrogen-bond acceptors (Lipinski definition) is 4. The van der Waals surface area contributed by atoms with Gasteiger partial charge in [0.15, 0.2) is 0 Å². The minimum Gasteiger partial charge on any atom is -0.497 e. The van der Waals surface area contributed by atoms with Crippen LogP contribution in [0.1, 0.15) is 12.5 Å².